The first-order chi connectivity index (χ1) is 9.34. The maximum Gasteiger partial charge on any atom is 0.410 e. The smallest absolute Gasteiger partial charge is 0.410 e. The molecule has 1 amide bonds. The quantitative estimate of drug-likeness (QED) is 0.683. The Kier molecular flexibility index (Phi) is 4.71. The fourth-order valence-corrected chi connectivity index (χ4v) is 3.52. The van der Waals surface area contributed by atoms with E-state index in [0.29, 0.717) is 5.41 Å². The van der Waals surface area contributed by atoms with Gasteiger partial charge in [-0.25, -0.2) is 4.79 Å². The number of amides is 1. The highest BCUT2D eigenvalue weighted by Crippen LogP contribution is 2.46. The first-order valence-corrected chi connectivity index (χ1v) is 8.02. The molecule has 0 aromatic heterocycles. The van der Waals surface area contributed by atoms with Gasteiger partial charge in [0.2, 0.25) is 0 Å². The zero-order valence-electron chi connectivity index (χ0n) is 13.3. The summed E-state index contributed by atoms with van der Waals surface area (Å²) in [5.41, 5.74) is 0.0790. The lowest BCUT2D eigenvalue weighted by Crippen LogP contribution is -2.46. The van der Waals surface area contributed by atoms with Crippen LogP contribution in [0.4, 0.5) is 4.79 Å². The minimum atomic E-state index is -0.397. The number of likely N-dealkylation sites (tertiary alicyclic amines) is 1. The van der Waals surface area contributed by atoms with Crippen LogP contribution in [-0.2, 0) is 4.74 Å². The number of nitrogens with zero attached hydrogens (tertiary/aromatic N) is 1. The van der Waals surface area contributed by atoms with Gasteiger partial charge in [0.15, 0.2) is 0 Å². The van der Waals surface area contributed by atoms with Gasteiger partial charge in [0.25, 0.3) is 0 Å². The van der Waals surface area contributed by atoms with Gasteiger partial charge in [-0.05, 0) is 57.8 Å². The molecule has 0 unspecified atom stereocenters. The van der Waals surface area contributed by atoms with E-state index in [1.54, 1.807) is 0 Å². The fraction of sp³-hybridized carbons (Fsp3) is 0.938. The number of carbonyl (C=O) groups is 1. The van der Waals surface area contributed by atoms with E-state index in [4.69, 9.17) is 12.6 Å². The summed E-state index contributed by atoms with van der Waals surface area (Å²) in [6.45, 7) is 7.46. The number of rotatable bonds is 1. The minimum absolute atomic E-state index is 0.150. The molecular formula is C16H28BNO2. The Labute approximate surface area is 124 Å². The van der Waals surface area contributed by atoms with Crippen molar-refractivity contribution in [3.8, 4) is 0 Å². The summed E-state index contributed by atoms with van der Waals surface area (Å²) in [5.74, 6) is 0.726. The van der Waals surface area contributed by atoms with Crippen LogP contribution < -0.4 is 0 Å². The second kappa shape index (κ2) is 5.99. The van der Waals surface area contributed by atoms with E-state index in [2.05, 4.69) is 0 Å². The van der Waals surface area contributed by atoms with Gasteiger partial charge >= 0.3 is 6.09 Å². The number of piperidine rings is 1. The van der Waals surface area contributed by atoms with E-state index in [1.165, 1.54) is 25.7 Å². The van der Waals surface area contributed by atoms with Gasteiger partial charge in [-0.1, -0.05) is 19.2 Å². The average Bonchev–Trinajstić information content (AvgIpc) is 2.38. The van der Waals surface area contributed by atoms with Crippen LogP contribution in [-0.4, -0.2) is 37.5 Å². The van der Waals surface area contributed by atoms with Crippen LogP contribution in [0.15, 0.2) is 0 Å². The molecule has 2 fully saturated rings. The highest BCUT2D eigenvalue weighted by molar-refractivity contribution is 6.08. The molecule has 1 aliphatic carbocycles. The molecule has 4 heteroatoms. The molecule has 1 saturated heterocycles. The fourth-order valence-electron chi connectivity index (χ4n) is 3.52. The lowest BCUT2D eigenvalue weighted by molar-refractivity contribution is 0.00201. The lowest BCUT2D eigenvalue weighted by Gasteiger charge is -2.46. The molecule has 0 aromatic carbocycles. The molecule has 2 radical (unpaired) electrons. The molecule has 112 valence electrons. The molecule has 0 bridgehead atoms. The highest BCUT2D eigenvalue weighted by Gasteiger charge is 2.39. The van der Waals surface area contributed by atoms with Gasteiger partial charge in [0.05, 0.1) is 7.85 Å². The SMILES string of the molecule is [B]CC1CCC2(CC1)CCN(C(=O)OC(C)(C)C)CC2. The summed E-state index contributed by atoms with van der Waals surface area (Å²) in [4.78, 5) is 14.0. The van der Waals surface area contributed by atoms with E-state index < -0.39 is 5.60 Å². The third-order valence-electron chi connectivity index (χ3n) is 4.97. The summed E-state index contributed by atoms with van der Waals surface area (Å²) in [7, 11) is 5.77. The van der Waals surface area contributed by atoms with Crippen molar-refractivity contribution in [1.82, 2.24) is 4.90 Å². The second-order valence-electron chi connectivity index (χ2n) is 7.65. The summed E-state index contributed by atoms with van der Waals surface area (Å²) < 4.78 is 5.46. The molecule has 1 heterocycles. The van der Waals surface area contributed by atoms with Crippen LogP contribution in [0.3, 0.4) is 0 Å². The number of hydrogen-bond donors (Lipinski definition) is 0. The zero-order valence-corrected chi connectivity index (χ0v) is 13.3. The molecule has 1 spiro atoms. The van der Waals surface area contributed by atoms with Gasteiger partial charge < -0.3 is 9.64 Å². The van der Waals surface area contributed by atoms with Crippen molar-refractivity contribution in [2.24, 2.45) is 11.3 Å². The van der Waals surface area contributed by atoms with Crippen molar-refractivity contribution in [2.75, 3.05) is 13.1 Å². The molecule has 0 aromatic rings. The van der Waals surface area contributed by atoms with Gasteiger partial charge in [-0.3, -0.25) is 0 Å². The molecule has 0 N–H and O–H groups in total. The topological polar surface area (TPSA) is 29.5 Å². The van der Waals surface area contributed by atoms with Crippen molar-refractivity contribution in [1.29, 1.82) is 0 Å². The first-order valence-electron chi connectivity index (χ1n) is 8.02. The Morgan fingerprint density at radius 3 is 2.20 bits per heavy atom. The van der Waals surface area contributed by atoms with Crippen molar-refractivity contribution in [3.05, 3.63) is 0 Å². The van der Waals surface area contributed by atoms with Gasteiger partial charge in [0, 0.05) is 13.1 Å². The van der Waals surface area contributed by atoms with Gasteiger partial charge in [-0.15, -0.1) is 0 Å². The van der Waals surface area contributed by atoms with Crippen molar-refractivity contribution < 1.29 is 9.53 Å². The van der Waals surface area contributed by atoms with Crippen LogP contribution in [0.1, 0.15) is 59.3 Å². The normalized spacial score (nSPS) is 23.9. The van der Waals surface area contributed by atoms with E-state index in [-0.39, 0.29) is 6.09 Å². The maximum absolute atomic E-state index is 12.1. The Bertz CT molecular complexity index is 333. The average molecular weight is 277 g/mol. The lowest BCUT2D eigenvalue weighted by atomic mass is 9.64. The van der Waals surface area contributed by atoms with Crippen LogP contribution >= 0.6 is 0 Å². The molecule has 20 heavy (non-hydrogen) atoms. The van der Waals surface area contributed by atoms with Crippen LogP contribution in [0.25, 0.3) is 0 Å². The van der Waals surface area contributed by atoms with Gasteiger partial charge in [-0.2, -0.15) is 0 Å². The molecule has 2 rings (SSSR count). The Balaban J connectivity index is 1.82. The standard InChI is InChI=1S/C16H28BNO2/c1-15(2,3)20-14(19)18-10-8-16(9-11-18)6-4-13(12-17)5-7-16/h13H,4-12H2,1-3H3. The van der Waals surface area contributed by atoms with Crippen molar-refractivity contribution in [2.45, 2.75) is 71.2 Å². The van der Waals surface area contributed by atoms with E-state index >= 15 is 0 Å². The largest absolute Gasteiger partial charge is 0.444 e. The van der Waals surface area contributed by atoms with Crippen LogP contribution in [0.5, 0.6) is 0 Å². The third-order valence-corrected chi connectivity index (χ3v) is 4.97. The Morgan fingerprint density at radius 2 is 1.75 bits per heavy atom. The van der Waals surface area contributed by atoms with Crippen LogP contribution in [0, 0.1) is 11.3 Å². The summed E-state index contributed by atoms with van der Waals surface area (Å²) in [6, 6.07) is 0. The monoisotopic (exact) mass is 277 g/mol. The second-order valence-corrected chi connectivity index (χ2v) is 7.65. The zero-order chi connectivity index (χ0) is 14.8. The minimum Gasteiger partial charge on any atom is -0.444 e. The molecule has 1 aliphatic heterocycles. The highest BCUT2D eigenvalue weighted by atomic mass is 16.6. The molecule has 2 aliphatic rings. The van der Waals surface area contributed by atoms with Crippen molar-refractivity contribution >= 4 is 13.9 Å². The van der Waals surface area contributed by atoms with E-state index in [1.807, 2.05) is 25.7 Å². The summed E-state index contributed by atoms with van der Waals surface area (Å²) >= 11 is 0. The predicted molar refractivity (Wildman–Crippen MR) is 82.0 cm³/mol. The maximum atomic E-state index is 12.1. The summed E-state index contributed by atoms with van der Waals surface area (Å²) in [5, 5.41) is 0. The molecule has 0 atom stereocenters. The molecule has 3 nitrogen and oxygen atoms in total. The Hall–Kier alpha value is -0.665. The third kappa shape index (κ3) is 3.92. The van der Waals surface area contributed by atoms with Crippen molar-refractivity contribution in [3.63, 3.8) is 0 Å². The predicted octanol–water partition coefficient (Wildman–Crippen LogP) is 3.78. The summed E-state index contributed by atoms with van der Waals surface area (Å²) in [6.07, 6.45) is 8.05. The molecule has 1 saturated carbocycles. The first kappa shape index (κ1) is 15.7. The van der Waals surface area contributed by atoms with Crippen LogP contribution in [0.2, 0.25) is 6.32 Å². The number of carbonyl (C=O) groups excluding carboxylic acids is 1. The number of ether oxygens (including phenoxy) is 1. The van der Waals surface area contributed by atoms with Gasteiger partial charge in [0.1, 0.15) is 5.60 Å². The number of hydrogen-bond acceptors (Lipinski definition) is 2. The molecular weight excluding hydrogens is 249 g/mol. The van der Waals surface area contributed by atoms with E-state index in [9.17, 15) is 4.79 Å². The Morgan fingerprint density at radius 1 is 1.20 bits per heavy atom. The van der Waals surface area contributed by atoms with E-state index in [0.717, 1.165) is 38.2 Å².